The molecular weight excluding hydrogens is 591 g/mol. The van der Waals surface area contributed by atoms with E-state index >= 15 is 0 Å². The van der Waals surface area contributed by atoms with Crippen LogP contribution in [-0.2, 0) is 23.0 Å². The van der Waals surface area contributed by atoms with Crippen LogP contribution >= 0.6 is 15.8 Å². The van der Waals surface area contributed by atoms with Crippen molar-refractivity contribution in [1.29, 1.82) is 0 Å². The Labute approximate surface area is 268 Å². The number of Topliss-reactive ketones (excluding diaryl/α,β-unsaturated/α-hetero) is 1. The maximum atomic E-state index is 13.1. The van der Waals surface area contributed by atoms with Crippen LogP contribution in [0.1, 0.15) is 68.4 Å². The number of carbonyl (C=O) groups excluding carboxylic acids is 1. The minimum Gasteiger partial charge on any atom is -0.300 e. The summed E-state index contributed by atoms with van der Waals surface area (Å²) < 4.78 is 0. The average Bonchev–Trinajstić information content (AvgIpc) is 2.82. The summed E-state index contributed by atoms with van der Waals surface area (Å²) in [5, 5.41) is 4.56. The first-order valence-electron chi connectivity index (χ1n) is 16.1. The smallest absolute Gasteiger partial charge is 0.134 e. The largest absolute Gasteiger partial charge is 0.300 e. The molecule has 232 valence electrons. The normalized spacial score (nSPS) is 17.5. The highest BCUT2D eigenvalue weighted by molar-refractivity contribution is 7.73. The number of benzene rings is 3. The van der Waals surface area contributed by atoms with E-state index < -0.39 is 32.0 Å². The molecule has 43 heavy (non-hydrogen) atoms. The van der Waals surface area contributed by atoms with Crippen molar-refractivity contribution in [2.24, 2.45) is 0 Å². The minimum atomic E-state index is -1.36. The Kier molecular flexibility index (Phi) is 10.3. The molecule has 1 aliphatic heterocycles. The summed E-state index contributed by atoms with van der Waals surface area (Å²) in [4.78, 5) is 13.1. The topological polar surface area (TPSA) is 17.1 Å². The zero-order chi connectivity index (χ0) is 32.0. The summed E-state index contributed by atoms with van der Waals surface area (Å²) in [7, 11) is -3.88. The Morgan fingerprint density at radius 2 is 1.09 bits per heavy atom. The van der Waals surface area contributed by atoms with Crippen molar-refractivity contribution < 1.29 is 4.79 Å². The highest BCUT2D eigenvalue weighted by atomic mass is 31.1. The fraction of sp³-hybridized carbons (Fsp3) is 0.500. The first-order valence-corrected chi connectivity index (χ1v) is 26.4. The van der Waals surface area contributed by atoms with Crippen LogP contribution < -0.4 is 15.9 Å². The van der Waals surface area contributed by atoms with E-state index in [2.05, 4.69) is 141 Å². The van der Waals surface area contributed by atoms with Gasteiger partial charge in [-0.15, -0.1) is 0 Å². The number of ketones is 1. The molecule has 0 N–H and O–H groups in total. The minimum absolute atomic E-state index is 0.0201. The van der Waals surface area contributed by atoms with Gasteiger partial charge < -0.3 is 0 Å². The van der Waals surface area contributed by atoms with Crippen molar-refractivity contribution in [2.75, 3.05) is 0 Å². The molecular formula is C38H56OP2Si2. The maximum absolute atomic E-state index is 13.1. The number of carbonyl (C=O) groups is 1. The predicted octanol–water partition coefficient (Wildman–Crippen LogP) is 9.80. The molecule has 0 atom stereocenters. The van der Waals surface area contributed by atoms with E-state index in [0.29, 0.717) is 18.6 Å². The van der Waals surface area contributed by atoms with Crippen molar-refractivity contribution in [3.05, 3.63) is 88.5 Å². The Bertz CT molecular complexity index is 1410. The lowest BCUT2D eigenvalue weighted by Crippen LogP contribution is -2.44. The van der Waals surface area contributed by atoms with Crippen LogP contribution in [0.2, 0.25) is 39.3 Å². The molecule has 0 amide bonds. The lowest BCUT2D eigenvalue weighted by Gasteiger charge is -2.50. The van der Waals surface area contributed by atoms with Gasteiger partial charge in [-0.1, -0.05) is 136 Å². The monoisotopic (exact) mass is 646 g/mol. The molecule has 3 aromatic carbocycles. The highest BCUT2D eigenvalue weighted by Crippen LogP contribution is 2.65. The van der Waals surface area contributed by atoms with Crippen LogP contribution in [0, 0.1) is 13.8 Å². The Morgan fingerprint density at radius 1 is 0.674 bits per heavy atom. The zero-order valence-electron chi connectivity index (χ0n) is 29.1. The van der Waals surface area contributed by atoms with Crippen LogP contribution in [0.4, 0.5) is 0 Å². The third-order valence-electron chi connectivity index (χ3n) is 8.69. The molecule has 0 bridgehead atoms. The first-order chi connectivity index (χ1) is 19.8. The summed E-state index contributed by atoms with van der Waals surface area (Å²) in [5.41, 5.74) is 7.58. The van der Waals surface area contributed by atoms with Crippen LogP contribution in [-0.4, -0.2) is 32.2 Å². The Balaban J connectivity index is 2.03. The van der Waals surface area contributed by atoms with E-state index in [0.717, 1.165) is 6.16 Å². The quantitative estimate of drug-likeness (QED) is 0.167. The van der Waals surface area contributed by atoms with E-state index in [9.17, 15) is 4.79 Å². The van der Waals surface area contributed by atoms with Gasteiger partial charge in [-0.05, 0) is 87.9 Å². The second-order valence-corrected chi connectivity index (χ2v) is 33.4. The third kappa shape index (κ3) is 8.46. The van der Waals surface area contributed by atoms with Crippen molar-refractivity contribution in [2.45, 2.75) is 122 Å². The predicted molar refractivity (Wildman–Crippen MR) is 202 cm³/mol. The van der Waals surface area contributed by atoms with E-state index in [1.165, 1.54) is 33.8 Å². The summed E-state index contributed by atoms with van der Waals surface area (Å²) in [6.45, 7) is 29.3. The molecule has 0 aliphatic carbocycles. The highest BCUT2D eigenvalue weighted by Gasteiger charge is 2.48. The second-order valence-electron chi connectivity index (χ2n) is 16.7. The average molecular weight is 647 g/mol. The van der Waals surface area contributed by atoms with E-state index in [-0.39, 0.29) is 10.3 Å². The molecule has 0 radical (unpaired) electrons. The van der Waals surface area contributed by atoms with Gasteiger partial charge in [0.1, 0.15) is 5.78 Å². The molecule has 3 aromatic rings. The molecule has 1 nitrogen and oxygen atoms in total. The molecule has 1 aliphatic rings. The fourth-order valence-electron chi connectivity index (χ4n) is 7.39. The van der Waals surface area contributed by atoms with Crippen molar-refractivity contribution in [3.8, 4) is 0 Å². The van der Waals surface area contributed by atoms with Crippen molar-refractivity contribution in [1.82, 2.24) is 0 Å². The zero-order valence-corrected chi connectivity index (χ0v) is 32.9. The van der Waals surface area contributed by atoms with Crippen LogP contribution in [0.25, 0.3) is 0 Å². The van der Waals surface area contributed by atoms with Crippen LogP contribution in [0.5, 0.6) is 0 Å². The van der Waals surface area contributed by atoms with Gasteiger partial charge in [-0.25, -0.2) is 0 Å². The van der Waals surface area contributed by atoms with Crippen LogP contribution in [0.15, 0.2) is 60.7 Å². The standard InChI is InChI=1S/C38H56OP2Si2/c1-28-17-13-15-19-34(28)40(35-20-16-14-18-29(35)2)25-30-21-31(26-42(7,8)9)32(27-43(10,11)12)22-36(30)41-37(3,4)23-33(39)24-38(41,5)6/h13-22H,23-27H2,1-12H3. The van der Waals surface area contributed by atoms with Gasteiger partial charge >= 0.3 is 0 Å². The molecule has 1 saturated heterocycles. The number of aryl methyl sites for hydroxylation is 2. The van der Waals surface area contributed by atoms with Gasteiger partial charge in [-0.3, -0.25) is 4.79 Å². The van der Waals surface area contributed by atoms with E-state index in [1.807, 2.05) is 0 Å². The molecule has 0 spiro atoms. The molecule has 1 heterocycles. The van der Waals surface area contributed by atoms with Gasteiger partial charge in [0, 0.05) is 35.2 Å². The molecule has 5 heteroatoms. The lowest BCUT2D eigenvalue weighted by molar-refractivity contribution is -0.120. The number of hydrogen-bond acceptors (Lipinski definition) is 1. The molecule has 4 rings (SSSR count). The second kappa shape index (κ2) is 12.8. The van der Waals surface area contributed by atoms with Crippen LogP contribution in [0.3, 0.4) is 0 Å². The summed E-state index contributed by atoms with van der Waals surface area (Å²) >= 11 is 0. The summed E-state index contributed by atoms with van der Waals surface area (Å²) in [5.74, 6) is 0.440. The molecule has 0 aromatic heterocycles. The van der Waals surface area contributed by atoms with Crippen molar-refractivity contribution in [3.63, 3.8) is 0 Å². The van der Waals surface area contributed by atoms with E-state index in [1.54, 1.807) is 22.0 Å². The molecule has 0 unspecified atom stereocenters. The Morgan fingerprint density at radius 3 is 1.51 bits per heavy atom. The fourth-order valence-corrected chi connectivity index (χ4v) is 17.5. The number of rotatable bonds is 9. The third-order valence-corrected chi connectivity index (χ3v) is 18.0. The maximum Gasteiger partial charge on any atom is 0.134 e. The van der Waals surface area contributed by atoms with Gasteiger partial charge in [0.25, 0.3) is 0 Å². The summed E-state index contributed by atoms with van der Waals surface area (Å²) in [6.07, 6.45) is 2.46. The lowest BCUT2D eigenvalue weighted by atomic mass is 9.96. The first kappa shape index (κ1) is 34.5. The van der Waals surface area contributed by atoms with E-state index in [4.69, 9.17) is 0 Å². The number of hydrogen-bond donors (Lipinski definition) is 0. The molecule has 1 fully saturated rings. The van der Waals surface area contributed by atoms with Crippen molar-refractivity contribution >= 4 is 53.7 Å². The summed E-state index contributed by atoms with van der Waals surface area (Å²) in [6, 6.07) is 26.0. The SMILES string of the molecule is Cc1ccccc1P(Cc1cc(C[Si](C)(C)C)c(C[Si](C)(C)C)cc1P1C(C)(C)CC(=O)CC1(C)C)c1ccccc1C. The van der Waals surface area contributed by atoms with Gasteiger partial charge in [-0.2, -0.15) is 0 Å². The molecule has 0 saturated carbocycles. The van der Waals surface area contributed by atoms with Gasteiger partial charge in [0.15, 0.2) is 0 Å². The van der Waals surface area contributed by atoms with Gasteiger partial charge in [0.2, 0.25) is 0 Å². The Hall–Kier alpha value is -1.38. The van der Waals surface area contributed by atoms with Gasteiger partial charge in [0.05, 0.1) is 0 Å².